The fourth-order valence-electron chi connectivity index (χ4n) is 3.73. The van der Waals surface area contributed by atoms with Gasteiger partial charge in [-0.25, -0.2) is 0 Å². The van der Waals surface area contributed by atoms with Gasteiger partial charge in [0.25, 0.3) is 0 Å². The minimum absolute atomic E-state index is 0.144. The molecule has 3 aliphatic heterocycles. The molecule has 3 aliphatic rings. The van der Waals surface area contributed by atoms with E-state index in [9.17, 15) is 4.79 Å². The predicted molar refractivity (Wildman–Crippen MR) is 66.7 cm³/mol. The third kappa shape index (κ3) is 2.20. The Morgan fingerprint density at radius 3 is 3.00 bits per heavy atom. The van der Waals surface area contributed by atoms with E-state index in [1.54, 1.807) is 0 Å². The van der Waals surface area contributed by atoms with Gasteiger partial charge in [0.2, 0.25) is 5.91 Å². The molecule has 0 spiro atoms. The lowest BCUT2D eigenvalue weighted by molar-refractivity contribution is -0.128. The first-order chi connectivity index (χ1) is 8.36. The van der Waals surface area contributed by atoms with Crippen LogP contribution in [0.15, 0.2) is 0 Å². The van der Waals surface area contributed by atoms with Crippen LogP contribution in [0.25, 0.3) is 0 Å². The smallest absolute Gasteiger partial charge is 0.237 e. The highest BCUT2D eigenvalue weighted by Crippen LogP contribution is 2.29. The minimum atomic E-state index is 0.144. The number of nitrogens with zero attached hydrogens (tertiary/aromatic N) is 1. The van der Waals surface area contributed by atoms with Gasteiger partial charge in [-0.2, -0.15) is 0 Å². The fourth-order valence-corrected chi connectivity index (χ4v) is 3.73. The van der Waals surface area contributed by atoms with Crippen molar-refractivity contribution >= 4 is 5.91 Å². The zero-order valence-corrected chi connectivity index (χ0v) is 10.5. The van der Waals surface area contributed by atoms with Gasteiger partial charge >= 0.3 is 0 Å². The summed E-state index contributed by atoms with van der Waals surface area (Å²) in [5.74, 6) is 1.05. The quantitative estimate of drug-likeness (QED) is 0.691. The summed E-state index contributed by atoms with van der Waals surface area (Å²) in [4.78, 5) is 14.6. The maximum absolute atomic E-state index is 12.1. The molecule has 17 heavy (non-hydrogen) atoms. The highest BCUT2D eigenvalue weighted by molar-refractivity contribution is 5.82. The van der Waals surface area contributed by atoms with Crippen LogP contribution < -0.4 is 10.6 Å². The van der Waals surface area contributed by atoms with Gasteiger partial charge < -0.3 is 10.6 Å². The molecule has 3 rings (SSSR count). The summed E-state index contributed by atoms with van der Waals surface area (Å²) < 4.78 is 0. The highest BCUT2D eigenvalue weighted by Gasteiger charge is 2.40. The molecule has 3 unspecified atom stereocenters. The zero-order valence-electron chi connectivity index (χ0n) is 10.5. The van der Waals surface area contributed by atoms with Crippen molar-refractivity contribution in [2.24, 2.45) is 5.92 Å². The van der Waals surface area contributed by atoms with Crippen molar-refractivity contribution in [3.05, 3.63) is 0 Å². The number of likely N-dealkylation sites (tertiary alicyclic amines) is 1. The van der Waals surface area contributed by atoms with Crippen molar-refractivity contribution < 1.29 is 4.79 Å². The van der Waals surface area contributed by atoms with Gasteiger partial charge in [0.1, 0.15) is 0 Å². The van der Waals surface area contributed by atoms with E-state index in [4.69, 9.17) is 0 Å². The summed E-state index contributed by atoms with van der Waals surface area (Å²) in [5.41, 5.74) is 0. The fraction of sp³-hybridized carbons (Fsp3) is 0.923. The molecule has 4 nitrogen and oxygen atoms in total. The molecule has 0 aromatic rings. The standard InChI is InChI=1S/C13H23N3O/c17-13-11(5-1-2-6-15-13)16-7-3-4-10-8-14-9-12(10)16/h10-12,14H,1-9H2,(H,15,17). The maximum Gasteiger partial charge on any atom is 0.237 e. The van der Waals surface area contributed by atoms with E-state index < -0.39 is 0 Å². The Kier molecular flexibility index (Phi) is 3.34. The van der Waals surface area contributed by atoms with E-state index >= 15 is 0 Å². The van der Waals surface area contributed by atoms with Crippen LogP contribution in [0.5, 0.6) is 0 Å². The molecule has 0 saturated carbocycles. The van der Waals surface area contributed by atoms with Crippen LogP contribution in [0.2, 0.25) is 0 Å². The lowest BCUT2D eigenvalue weighted by Crippen LogP contribution is -2.55. The number of hydrogen-bond acceptors (Lipinski definition) is 3. The van der Waals surface area contributed by atoms with Crippen molar-refractivity contribution in [3.8, 4) is 0 Å². The molecule has 0 radical (unpaired) electrons. The molecule has 96 valence electrons. The molecule has 0 aromatic carbocycles. The number of hydrogen-bond donors (Lipinski definition) is 2. The van der Waals surface area contributed by atoms with Crippen molar-refractivity contribution in [3.63, 3.8) is 0 Å². The van der Waals surface area contributed by atoms with Crippen LogP contribution in [0, 0.1) is 5.92 Å². The van der Waals surface area contributed by atoms with Crippen LogP contribution in [-0.2, 0) is 4.79 Å². The summed E-state index contributed by atoms with van der Waals surface area (Å²) in [6.07, 6.45) is 5.97. The molecule has 3 heterocycles. The summed E-state index contributed by atoms with van der Waals surface area (Å²) in [6, 6.07) is 0.753. The normalized spacial score (nSPS) is 39.5. The Morgan fingerprint density at radius 1 is 1.12 bits per heavy atom. The number of piperidine rings is 1. The number of carbonyl (C=O) groups excluding carboxylic acids is 1. The number of nitrogens with one attached hydrogen (secondary N) is 2. The molecule has 2 N–H and O–H groups in total. The first kappa shape index (κ1) is 11.5. The zero-order chi connectivity index (χ0) is 11.7. The van der Waals surface area contributed by atoms with Crippen molar-refractivity contribution in [2.75, 3.05) is 26.2 Å². The maximum atomic E-state index is 12.1. The van der Waals surface area contributed by atoms with Crippen molar-refractivity contribution in [2.45, 2.75) is 44.2 Å². The van der Waals surface area contributed by atoms with E-state index in [0.29, 0.717) is 6.04 Å². The van der Waals surface area contributed by atoms with Gasteiger partial charge in [0, 0.05) is 19.1 Å². The van der Waals surface area contributed by atoms with E-state index in [1.165, 1.54) is 19.3 Å². The first-order valence-corrected chi connectivity index (χ1v) is 7.10. The average molecular weight is 237 g/mol. The second-order valence-corrected chi connectivity index (χ2v) is 5.67. The SMILES string of the molecule is O=C1NCCCCC1N1CCCC2CNCC21. The van der Waals surface area contributed by atoms with Crippen LogP contribution in [0.3, 0.4) is 0 Å². The number of amides is 1. The Balaban J connectivity index is 1.74. The van der Waals surface area contributed by atoms with Gasteiger partial charge in [-0.05, 0) is 51.1 Å². The lowest BCUT2D eigenvalue weighted by atomic mass is 9.90. The summed E-state index contributed by atoms with van der Waals surface area (Å²) >= 11 is 0. The topological polar surface area (TPSA) is 44.4 Å². The largest absolute Gasteiger partial charge is 0.355 e. The monoisotopic (exact) mass is 237 g/mol. The Labute approximate surface area is 103 Å². The van der Waals surface area contributed by atoms with Crippen molar-refractivity contribution in [1.82, 2.24) is 15.5 Å². The molecule has 0 aromatic heterocycles. The summed E-state index contributed by atoms with van der Waals surface area (Å²) in [5, 5.41) is 6.56. The van der Waals surface area contributed by atoms with Gasteiger partial charge in [0.05, 0.1) is 6.04 Å². The number of rotatable bonds is 1. The molecule has 3 atom stereocenters. The van der Waals surface area contributed by atoms with Crippen LogP contribution >= 0.6 is 0 Å². The van der Waals surface area contributed by atoms with E-state index in [-0.39, 0.29) is 11.9 Å². The minimum Gasteiger partial charge on any atom is -0.355 e. The van der Waals surface area contributed by atoms with E-state index in [0.717, 1.165) is 44.9 Å². The third-order valence-corrected chi connectivity index (χ3v) is 4.63. The van der Waals surface area contributed by atoms with Crippen LogP contribution in [0.1, 0.15) is 32.1 Å². The van der Waals surface area contributed by atoms with E-state index in [2.05, 4.69) is 15.5 Å². The van der Waals surface area contributed by atoms with Crippen molar-refractivity contribution in [1.29, 1.82) is 0 Å². The molecule has 1 amide bonds. The molecule has 4 heteroatoms. The molecule has 0 bridgehead atoms. The predicted octanol–water partition coefficient (Wildman–Crippen LogP) is 0.339. The van der Waals surface area contributed by atoms with Crippen LogP contribution in [0.4, 0.5) is 0 Å². The number of fused-ring (bicyclic) bond motifs is 1. The number of carbonyl (C=O) groups is 1. The second-order valence-electron chi connectivity index (χ2n) is 5.67. The third-order valence-electron chi connectivity index (χ3n) is 4.63. The Bertz CT molecular complexity index is 294. The average Bonchev–Trinajstić information content (AvgIpc) is 2.72. The molecular formula is C13H23N3O. The molecule has 0 aliphatic carbocycles. The van der Waals surface area contributed by atoms with Gasteiger partial charge in [0.15, 0.2) is 0 Å². The Hall–Kier alpha value is -0.610. The summed E-state index contributed by atoms with van der Waals surface area (Å²) in [6.45, 7) is 4.21. The van der Waals surface area contributed by atoms with Gasteiger partial charge in [-0.3, -0.25) is 9.69 Å². The lowest BCUT2D eigenvalue weighted by Gasteiger charge is -2.41. The second kappa shape index (κ2) is 4.94. The molecule has 3 saturated heterocycles. The van der Waals surface area contributed by atoms with E-state index in [1.807, 2.05) is 0 Å². The highest BCUT2D eigenvalue weighted by atomic mass is 16.2. The van der Waals surface area contributed by atoms with Gasteiger partial charge in [-0.15, -0.1) is 0 Å². The van der Waals surface area contributed by atoms with Gasteiger partial charge in [-0.1, -0.05) is 0 Å². The summed E-state index contributed by atoms with van der Waals surface area (Å²) in [7, 11) is 0. The molecule has 3 fully saturated rings. The van der Waals surface area contributed by atoms with Crippen LogP contribution in [-0.4, -0.2) is 49.1 Å². The molecular weight excluding hydrogens is 214 g/mol. The Morgan fingerprint density at radius 2 is 2.06 bits per heavy atom. The first-order valence-electron chi connectivity index (χ1n) is 7.10.